The standard InChI is InChI=1S/C20H22N6O/c1-3-21-19-22-13-14(2)18(26-19)23-16-10-7-11-17(12-16)25-20(27)24-15-8-5-4-6-9-15/h4-13H,3H2,1-2H3,(H2,24,25,27)(H2,21,22,23,26). The van der Waals surface area contributed by atoms with E-state index in [9.17, 15) is 4.79 Å². The lowest BCUT2D eigenvalue weighted by molar-refractivity contribution is 0.262. The first-order valence-corrected chi connectivity index (χ1v) is 8.71. The molecule has 3 rings (SSSR count). The first-order chi connectivity index (χ1) is 13.1. The van der Waals surface area contributed by atoms with Crippen molar-refractivity contribution in [2.45, 2.75) is 13.8 Å². The number of amides is 2. The van der Waals surface area contributed by atoms with Crippen molar-refractivity contribution in [2.24, 2.45) is 0 Å². The Hall–Kier alpha value is -3.61. The van der Waals surface area contributed by atoms with Crippen molar-refractivity contribution in [3.63, 3.8) is 0 Å². The highest BCUT2D eigenvalue weighted by Gasteiger charge is 2.06. The van der Waals surface area contributed by atoms with E-state index in [-0.39, 0.29) is 6.03 Å². The lowest BCUT2D eigenvalue weighted by Crippen LogP contribution is -2.19. The van der Waals surface area contributed by atoms with Gasteiger partial charge in [0.15, 0.2) is 0 Å². The predicted octanol–water partition coefficient (Wildman–Crippen LogP) is 4.60. The van der Waals surface area contributed by atoms with E-state index in [2.05, 4.69) is 31.2 Å². The van der Waals surface area contributed by atoms with Gasteiger partial charge in [0.05, 0.1) is 0 Å². The molecule has 4 N–H and O–H groups in total. The van der Waals surface area contributed by atoms with Crippen LogP contribution < -0.4 is 21.3 Å². The maximum Gasteiger partial charge on any atom is 0.323 e. The van der Waals surface area contributed by atoms with Gasteiger partial charge in [0.25, 0.3) is 0 Å². The summed E-state index contributed by atoms with van der Waals surface area (Å²) < 4.78 is 0. The van der Waals surface area contributed by atoms with Gasteiger partial charge in [0.2, 0.25) is 5.95 Å². The van der Waals surface area contributed by atoms with E-state index in [1.54, 1.807) is 6.20 Å². The smallest absolute Gasteiger partial charge is 0.323 e. The summed E-state index contributed by atoms with van der Waals surface area (Å²) in [6.07, 6.45) is 1.77. The zero-order chi connectivity index (χ0) is 19.1. The Morgan fingerprint density at radius 3 is 2.44 bits per heavy atom. The van der Waals surface area contributed by atoms with Crippen molar-refractivity contribution in [3.05, 3.63) is 66.4 Å². The number of anilines is 5. The number of carbonyl (C=O) groups is 1. The van der Waals surface area contributed by atoms with Crippen molar-refractivity contribution in [2.75, 3.05) is 27.8 Å². The third-order valence-corrected chi connectivity index (χ3v) is 3.72. The van der Waals surface area contributed by atoms with E-state index in [4.69, 9.17) is 0 Å². The summed E-state index contributed by atoms with van der Waals surface area (Å²) in [5, 5.41) is 12.0. The molecule has 0 aliphatic heterocycles. The van der Waals surface area contributed by atoms with Crippen molar-refractivity contribution in [1.82, 2.24) is 9.97 Å². The zero-order valence-corrected chi connectivity index (χ0v) is 15.3. The molecule has 0 saturated carbocycles. The Kier molecular flexibility index (Phi) is 5.84. The van der Waals surface area contributed by atoms with Gasteiger partial charge in [-0.15, -0.1) is 0 Å². The third kappa shape index (κ3) is 5.18. The Morgan fingerprint density at radius 1 is 0.963 bits per heavy atom. The molecule has 1 aromatic heterocycles. The number of aromatic nitrogens is 2. The van der Waals surface area contributed by atoms with Crippen LogP contribution >= 0.6 is 0 Å². The van der Waals surface area contributed by atoms with Gasteiger partial charge in [0, 0.05) is 35.4 Å². The maximum absolute atomic E-state index is 12.2. The predicted molar refractivity (Wildman–Crippen MR) is 110 cm³/mol. The molecular weight excluding hydrogens is 340 g/mol. The lowest BCUT2D eigenvalue weighted by Gasteiger charge is -2.12. The summed E-state index contributed by atoms with van der Waals surface area (Å²) in [4.78, 5) is 20.9. The second kappa shape index (κ2) is 8.66. The van der Waals surface area contributed by atoms with Crippen LogP contribution in [0.3, 0.4) is 0 Å². The highest BCUT2D eigenvalue weighted by Crippen LogP contribution is 2.22. The summed E-state index contributed by atoms with van der Waals surface area (Å²) in [5.74, 6) is 1.29. The van der Waals surface area contributed by atoms with E-state index in [1.807, 2.05) is 68.4 Å². The molecule has 0 fully saturated rings. The Bertz CT molecular complexity index is 913. The SMILES string of the molecule is CCNc1ncc(C)c(Nc2cccc(NC(=O)Nc3ccccc3)c2)n1. The minimum atomic E-state index is -0.300. The number of nitrogens with one attached hydrogen (secondary N) is 4. The number of urea groups is 1. The van der Waals surface area contributed by atoms with Crippen LogP contribution in [0, 0.1) is 6.92 Å². The Labute approximate surface area is 158 Å². The number of benzene rings is 2. The topological polar surface area (TPSA) is 91.0 Å². The van der Waals surface area contributed by atoms with E-state index in [1.165, 1.54) is 0 Å². The highest BCUT2D eigenvalue weighted by molar-refractivity contribution is 6.00. The van der Waals surface area contributed by atoms with Crippen LogP contribution in [0.4, 0.5) is 33.6 Å². The van der Waals surface area contributed by atoms with Crippen LogP contribution in [0.15, 0.2) is 60.8 Å². The summed E-state index contributed by atoms with van der Waals surface area (Å²) >= 11 is 0. The molecule has 2 amide bonds. The van der Waals surface area contributed by atoms with Gasteiger partial charge < -0.3 is 21.3 Å². The molecule has 0 spiro atoms. The normalized spacial score (nSPS) is 10.1. The first-order valence-electron chi connectivity index (χ1n) is 8.71. The maximum atomic E-state index is 12.2. The van der Waals surface area contributed by atoms with Crippen molar-refractivity contribution in [3.8, 4) is 0 Å². The van der Waals surface area contributed by atoms with Gasteiger partial charge in [-0.25, -0.2) is 9.78 Å². The molecular formula is C20H22N6O. The monoisotopic (exact) mass is 362 g/mol. The Morgan fingerprint density at radius 2 is 1.67 bits per heavy atom. The average Bonchev–Trinajstić information content (AvgIpc) is 2.66. The minimum absolute atomic E-state index is 0.300. The molecule has 0 aliphatic carbocycles. The summed E-state index contributed by atoms with van der Waals surface area (Å²) in [6, 6.07) is 16.4. The van der Waals surface area contributed by atoms with Gasteiger partial charge in [-0.05, 0) is 44.2 Å². The van der Waals surface area contributed by atoms with E-state index in [0.29, 0.717) is 17.5 Å². The van der Waals surface area contributed by atoms with Gasteiger partial charge in [-0.2, -0.15) is 4.98 Å². The first kappa shape index (κ1) is 18.2. The number of rotatable bonds is 6. The van der Waals surface area contributed by atoms with E-state index < -0.39 is 0 Å². The largest absolute Gasteiger partial charge is 0.354 e. The number of aryl methyl sites for hydroxylation is 1. The average molecular weight is 362 g/mol. The number of hydrogen-bond donors (Lipinski definition) is 4. The van der Waals surface area contributed by atoms with E-state index in [0.717, 1.165) is 23.5 Å². The van der Waals surface area contributed by atoms with Crippen LogP contribution in [0.2, 0.25) is 0 Å². The van der Waals surface area contributed by atoms with Crippen molar-refractivity contribution < 1.29 is 4.79 Å². The third-order valence-electron chi connectivity index (χ3n) is 3.72. The van der Waals surface area contributed by atoms with Crippen LogP contribution in [-0.2, 0) is 0 Å². The van der Waals surface area contributed by atoms with Gasteiger partial charge in [-0.1, -0.05) is 24.3 Å². The molecule has 0 atom stereocenters. The molecule has 0 bridgehead atoms. The fourth-order valence-corrected chi connectivity index (χ4v) is 2.44. The number of carbonyl (C=O) groups excluding carboxylic acids is 1. The lowest BCUT2D eigenvalue weighted by atomic mass is 10.2. The molecule has 138 valence electrons. The van der Waals surface area contributed by atoms with Gasteiger partial charge in [-0.3, -0.25) is 0 Å². The summed E-state index contributed by atoms with van der Waals surface area (Å²) in [7, 11) is 0. The highest BCUT2D eigenvalue weighted by atomic mass is 16.2. The molecule has 0 unspecified atom stereocenters. The quantitative estimate of drug-likeness (QED) is 0.514. The number of para-hydroxylation sites is 1. The minimum Gasteiger partial charge on any atom is -0.354 e. The second-order valence-corrected chi connectivity index (χ2v) is 5.91. The second-order valence-electron chi connectivity index (χ2n) is 5.91. The number of hydrogen-bond acceptors (Lipinski definition) is 5. The molecule has 3 aromatic rings. The fourth-order valence-electron chi connectivity index (χ4n) is 2.44. The van der Waals surface area contributed by atoms with Crippen LogP contribution in [0.25, 0.3) is 0 Å². The van der Waals surface area contributed by atoms with Crippen LogP contribution in [0.5, 0.6) is 0 Å². The molecule has 0 aliphatic rings. The molecule has 27 heavy (non-hydrogen) atoms. The molecule has 0 radical (unpaired) electrons. The van der Waals surface area contributed by atoms with Gasteiger partial charge in [0.1, 0.15) is 5.82 Å². The van der Waals surface area contributed by atoms with E-state index >= 15 is 0 Å². The van der Waals surface area contributed by atoms with Crippen molar-refractivity contribution in [1.29, 1.82) is 0 Å². The van der Waals surface area contributed by atoms with Gasteiger partial charge >= 0.3 is 6.03 Å². The summed E-state index contributed by atoms with van der Waals surface area (Å²) in [5.41, 5.74) is 3.15. The molecule has 2 aromatic carbocycles. The van der Waals surface area contributed by atoms with Crippen LogP contribution in [-0.4, -0.2) is 22.5 Å². The zero-order valence-electron chi connectivity index (χ0n) is 15.3. The Balaban J connectivity index is 1.68. The molecule has 7 heteroatoms. The summed E-state index contributed by atoms with van der Waals surface area (Å²) in [6.45, 7) is 4.68. The molecule has 0 saturated heterocycles. The molecule has 1 heterocycles. The molecule has 7 nitrogen and oxygen atoms in total. The fraction of sp³-hybridized carbons (Fsp3) is 0.150. The number of nitrogens with zero attached hydrogens (tertiary/aromatic N) is 2. The van der Waals surface area contributed by atoms with Crippen LogP contribution in [0.1, 0.15) is 12.5 Å². The van der Waals surface area contributed by atoms with Crippen molar-refractivity contribution >= 4 is 34.9 Å².